The lowest BCUT2D eigenvalue weighted by Gasteiger charge is -2.06. The molecule has 1 nitrogen and oxygen atoms in total. The molecule has 1 atom stereocenters. The molecule has 1 aromatic rings. The first-order chi connectivity index (χ1) is 6.24. The van der Waals surface area contributed by atoms with E-state index >= 15 is 0 Å². The normalized spacial score (nSPS) is 12.1. The molecule has 0 radical (unpaired) electrons. The summed E-state index contributed by atoms with van der Waals surface area (Å²) in [4.78, 5) is 11.0. The van der Waals surface area contributed by atoms with Crippen LogP contribution in [0.25, 0.3) is 0 Å². The molecule has 0 aromatic heterocycles. The molecule has 0 aliphatic rings. The van der Waals surface area contributed by atoms with Crippen LogP contribution >= 0.6 is 11.6 Å². The van der Waals surface area contributed by atoms with Gasteiger partial charge in [-0.2, -0.15) is 0 Å². The number of benzene rings is 1. The number of carbonyl (C=O) groups is 1. The Kier molecular flexibility index (Phi) is 3.71. The summed E-state index contributed by atoms with van der Waals surface area (Å²) >= 11 is 6.01. The molecule has 0 heterocycles. The minimum atomic E-state index is -0.244. The molecular weight excluding hydrogens is 184 g/mol. The molecule has 0 saturated heterocycles. The van der Waals surface area contributed by atoms with Crippen LogP contribution in [0.15, 0.2) is 43.0 Å². The predicted octanol–water partition coefficient (Wildman–Crippen LogP) is 3.11. The van der Waals surface area contributed by atoms with Crippen LogP contribution < -0.4 is 0 Å². The van der Waals surface area contributed by atoms with E-state index in [2.05, 4.69) is 6.58 Å². The van der Waals surface area contributed by atoms with Crippen molar-refractivity contribution >= 4 is 17.4 Å². The van der Waals surface area contributed by atoms with Gasteiger partial charge in [0.25, 0.3) is 0 Å². The second kappa shape index (κ2) is 4.83. The zero-order valence-electron chi connectivity index (χ0n) is 7.24. The van der Waals surface area contributed by atoms with Gasteiger partial charge in [0.15, 0.2) is 5.78 Å². The highest BCUT2D eigenvalue weighted by Gasteiger charge is 2.09. The van der Waals surface area contributed by atoms with Crippen molar-refractivity contribution in [2.75, 3.05) is 0 Å². The lowest BCUT2D eigenvalue weighted by molar-refractivity contribution is -0.114. The molecule has 0 saturated carbocycles. The Bertz CT molecular complexity index is 292. The molecule has 0 aliphatic heterocycles. The minimum Gasteiger partial charge on any atom is -0.295 e. The van der Waals surface area contributed by atoms with Gasteiger partial charge in [-0.1, -0.05) is 36.9 Å². The Morgan fingerprint density at radius 3 is 2.62 bits per heavy atom. The summed E-state index contributed by atoms with van der Waals surface area (Å²) in [6.45, 7) is 3.40. The van der Waals surface area contributed by atoms with Crippen molar-refractivity contribution in [3.63, 3.8) is 0 Å². The fraction of sp³-hybridized carbons (Fsp3) is 0.182. The number of hydrogen-bond acceptors (Lipinski definition) is 1. The van der Waals surface area contributed by atoms with Crippen molar-refractivity contribution in [1.29, 1.82) is 0 Å². The van der Waals surface area contributed by atoms with E-state index in [-0.39, 0.29) is 11.2 Å². The van der Waals surface area contributed by atoms with E-state index in [1.165, 1.54) is 6.08 Å². The van der Waals surface area contributed by atoms with Gasteiger partial charge in [-0.15, -0.1) is 11.6 Å². The molecule has 0 bridgehead atoms. The zero-order chi connectivity index (χ0) is 9.68. The van der Waals surface area contributed by atoms with Crippen molar-refractivity contribution in [2.45, 2.75) is 11.8 Å². The number of carbonyl (C=O) groups excluding carboxylic acids is 1. The lowest BCUT2D eigenvalue weighted by atomic mass is 10.1. The van der Waals surface area contributed by atoms with Crippen LogP contribution in [0.1, 0.15) is 17.4 Å². The fourth-order valence-corrected chi connectivity index (χ4v) is 1.34. The summed E-state index contributed by atoms with van der Waals surface area (Å²) in [5, 5.41) is -0.244. The first-order valence-corrected chi connectivity index (χ1v) is 4.52. The molecule has 1 rings (SSSR count). The van der Waals surface area contributed by atoms with E-state index < -0.39 is 0 Å². The van der Waals surface area contributed by atoms with Gasteiger partial charge < -0.3 is 0 Å². The Hall–Kier alpha value is -1.08. The van der Waals surface area contributed by atoms with Crippen LogP contribution in [0.4, 0.5) is 0 Å². The summed E-state index contributed by atoms with van der Waals surface area (Å²) < 4.78 is 0. The van der Waals surface area contributed by atoms with E-state index in [0.717, 1.165) is 5.56 Å². The SMILES string of the molecule is C=CC(=O)CC(Cl)c1ccccc1. The zero-order valence-corrected chi connectivity index (χ0v) is 8.00. The monoisotopic (exact) mass is 194 g/mol. The topological polar surface area (TPSA) is 17.1 Å². The van der Waals surface area contributed by atoms with Crippen LogP contribution in [-0.4, -0.2) is 5.78 Å². The van der Waals surface area contributed by atoms with E-state index in [4.69, 9.17) is 11.6 Å². The number of rotatable bonds is 4. The Morgan fingerprint density at radius 1 is 1.46 bits per heavy atom. The van der Waals surface area contributed by atoms with E-state index in [1.54, 1.807) is 0 Å². The Balaban J connectivity index is 2.63. The van der Waals surface area contributed by atoms with Crippen LogP contribution in [-0.2, 0) is 4.79 Å². The molecule has 0 N–H and O–H groups in total. The summed E-state index contributed by atoms with van der Waals surface area (Å²) in [5.41, 5.74) is 0.972. The highest BCUT2D eigenvalue weighted by atomic mass is 35.5. The van der Waals surface area contributed by atoms with Gasteiger partial charge in [-0.3, -0.25) is 4.79 Å². The largest absolute Gasteiger partial charge is 0.295 e. The van der Waals surface area contributed by atoms with Gasteiger partial charge in [0, 0.05) is 6.42 Å². The van der Waals surface area contributed by atoms with Crippen molar-refractivity contribution < 1.29 is 4.79 Å². The van der Waals surface area contributed by atoms with E-state index in [0.29, 0.717) is 6.42 Å². The average Bonchev–Trinajstić information content (AvgIpc) is 2.19. The molecule has 1 unspecified atom stereocenters. The number of ketones is 1. The van der Waals surface area contributed by atoms with E-state index in [1.807, 2.05) is 30.3 Å². The highest BCUT2D eigenvalue weighted by molar-refractivity contribution is 6.22. The average molecular weight is 195 g/mol. The minimum absolute atomic E-state index is 0.0242. The van der Waals surface area contributed by atoms with Crippen molar-refractivity contribution in [3.05, 3.63) is 48.6 Å². The molecule has 2 heteroatoms. The highest BCUT2D eigenvalue weighted by Crippen LogP contribution is 2.23. The number of hydrogen-bond donors (Lipinski definition) is 0. The summed E-state index contributed by atoms with van der Waals surface area (Å²) in [6, 6.07) is 9.55. The second-order valence-corrected chi connectivity index (χ2v) is 3.28. The molecular formula is C11H11ClO. The van der Waals surface area contributed by atoms with Gasteiger partial charge in [0.1, 0.15) is 0 Å². The molecule has 1 aromatic carbocycles. The molecule has 0 aliphatic carbocycles. The first kappa shape index (κ1) is 10.0. The Morgan fingerprint density at radius 2 is 2.08 bits per heavy atom. The standard InChI is InChI=1S/C11H11ClO/c1-2-10(13)8-11(12)9-6-4-3-5-7-9/h2-7,11H,1,8H2. The predicted molar refractivity (Wildman–Crippen MR) is 54.9 cm³/mol. The van der Waals surface area contributed by atoms with Crippen molar-refractivity contribution in [3.8, 4) is 0 Å². The summed E-state index contributed by atoms with van der Waals surface area (Å²) in [7, 11) is 0. The van der Waals surface area contributed by atoms with Crippen LogP contribution in [0, 0.1) is 0 Å². The van der Waals surface area contributed by atoms with Gasteiger partial charge in [-0.05, 0) is 11.6 Å². The smallest absolute Gasteiger partial charge is 0.156 e. The van der Waals surface area contributed by atoms with Gasteiger partial charge in [0.2, 0.25) is 0 Å². The maximum atomic E-state index is 11.0. The number of halogens is 1. The molecule has 13 heavy (non-hydrogen) atoms. The third-order valence-corrected chi connectivity index (χ3v) is 2.18. The Labute approximate surface area is 83.0 Å². The van der Waals surface area contributed by atoms with Crippen LogP contribution in [0.2, 0.25) is 0 Å². The fourth-order valence-electron chi connectivity index (χ4n) is 1.04. The maximum absolute atomic E-state index is 11.0. The molecule has 0 spiro atoms. The second-order valence-electron chi connectivity index (χ2n) is 2.75. The van der Waals surface area contributed by atoms with Crippen LogP contribution in [0.3, 0.4) is 0 Å². The quantitative estimate of drug-likeness (QED) is 0.532. The van der Waals surface area contributed by atoms with Crippen LogP contribution in [0.5, 0.6) is 0 Å². The third kappa shape index (κ3) is 3.03. The van der Waals surface area contributed by atoms with Crippen molar-refractivity contribution in [1.82, 2.24) is 0 Å². The summed E-state index contributed by atoms with van der Waals surface area (Å²) in [6.07, 6.45) is 1.62. The maximum Gasteiger partial charge on any atom is 0.156 e. The molecule has 68 valence electrons. The molecule has 0 fully saturated rings. The number of allylic oxidation sites excluding steroid dienone is 1. The third-order valence-electron chi connectivity index (χ3n) is 1.77. The summed E-state index contributed by atoms with van der Waals surface area (Å²) in [5.74, 6) is -0.0242. The lowest BCUT2D eigenvalue weighted by Crippen LogP contribution is -1.98. The number of alkyl halides is 1. The first-order valence-electron chi connectivity index (χ1n) is 4.08. The van der Waals surface area contributed by atoms with Gasteiger partial charge in [-0.25, -0.2) is 0 Å². The van der Waals surface area contributed by atoms with Gasteiger partial charge >= 0.3 is 0 Å². The molecule has 0 amide bonds. The van der Waals surface area contributed by atoms with Gasteiger partial charge in [0.05, 0.1) is 5.38 Å². The van der Waals surface area contributed by atoms with Crippen molar-refractivity contribution in [2.24, 2.45) is 0 Å². The van der Waals surface area contributed by atoms with E-state index in [9.17, 15) is 4.79 Å².